The lowest BCUT2D eigenvalue weighted by atomic mass is 10.1. The molecule has 0 saturated heterocycles. The van der Waals surface area contributed by atoms with Gasteiger partial charge in [-0.1, -0.05) is 15.9 Å². The molecule has 0 aliphatic carbocycles. The minimum atomic E-state index is -0.263. The molecule has 78 valence electrons. The summed E-state index contributed by atoms with van der Waals surface area (Å²) in [6.45, 7) is 1.86. The molecule has 0 radical (unpaired) electrons. The Balaban J connectivity index is 2.69. The Kier molecular flexibility index (Phi) is 2.89. The highest BCUT2D eigenvalue weighted by Crippen LogP contribution is 2.31. The number of halogens is 2. The van der Waals surface area contributed by atoms with Crippen LogP contribution in [0.15, 0.2) is 18.2 Å². The number of thiophene rings is 1. The Bertz CT molecular complexity index is 533. The van der Waals surface area contributed by atoms with Crippen molar-refractivity contribution in [1.82, 2.24) is 0 Å². The maximum Gasteiger partial charge on any atom is 0.183 e. The van der Waals surface area contributed by atoms with Gasteiger partial charge in [0.1, 0.15) is 5.82 Å². The standard InChI is InChI=1S/C11H8BrFOS/c1-6-8-4-7(13)2-3-10(8)15-11(6)9(14)5-12/h2-4H,5H2,1H3. The van der Waals surface area contributed by atoms with Crippen molar-refractivity contribution in [3.05, 3.63) is 34.5 Å². The summed E-state index contributed by atoms with van der Waals surface area (Å²) in [7, 11) is 0. The molecule has 0 atom stereocenters. The van der Waals surface area contributed by atoms with Crippen LogP contribution < -0.4 is 0 Å². The van der Waals surface area contributed by atoms with Crippen molar-refractivity contribution in [2.75, 3.05) is 5.33 Å². The molecular weight excluding hydrogens is 279 g/mol. The Morgan fingerprint density at radius 3 is 2.93 bits per heavy atom. The van der Waals surface area contributed by atoms with Gasteiger partial charge in [0.25, 0.3) is 0 Å². The smallest absolute Gasteiger partial charge is 0.183 e. The lowest BCUT2D eigenvalue weighted by Crippen LogP contribution is -1.97. The van der Waals surface area contributed by atoms with Gasteiger partial charge in [0.2, 0.25) is 0 Å². The van der Waals surface area contributed by atoms with Gasteiger partial charge >= 0.3 is 0 Å². The summed E-state index contributed by atoms with van der Waals surface area (Å²) >= 11 is 4.56. The number of Topliss-reactive ketones (excluding diaryl/α,β-unsaturated/α-hetero) is 1. The summed E-state index contributed by atoms with van der Waals surface area (Å²) in [5, 5.41) is 1.15. The van der Waals surface area contributed by atoms with Gasteiger partial charge in [-0.3, -0.25) is 4.79 Å². The molecular formula is C11H8BrFOS. The van der Waals surface area contributed by atoms with Crippen molar-refractivity contribution >= 4 is 43.1 Å². The summed E-state index contributed by atoms with van der Waals surface area (Å²) in [5.41, 5.74) is 0.874. The second kappa shape index (κ2) is 4.02. The number of ketones is 1. The van der Waals surface area contributed by atoms with Gasteiger partial charge < -0.3 is 0 Å². The van der Waals surface area contributed by atoms with Crippen LogP contribution >= 0.6 is 27.3 Å². The molecule has 1 heterocycles. The molecule has 0 N–H and O–H groups in total. The van der Waals surface area contributed by atoms with Gasteiger partial charge in [0.15, 0.2) is 5.78 Å². The van der Waals surface area contributed by atoms with E-state index in [0.717, 1.165) is 15.6 Å². The van der Waals surface area contributed by atoms with E-state index in [2.05, 4.69) is 15.9 Å². The number of hydrogen-bond donors (Lipinski definition) is 0. The molecule has 0 bridgehead atoms. The van der Waals surface area contributed by atoms with Crippen LogP contribution in [0.25, 0.3) is 10.1 Å². The molecule has 1 aromatic carbocycles. The molecule has 0 amide bonds. The van der Waals surface area contributed by atoms with E-state index in [4.69, 9.17) is 0 Å². The molecule has 4 heteroatoms. The van der Waals surface area contributed by atoms with Crippen LogP contribution in [-0.2, 0) is 0 Å². The minimum absolute atomic E-state index is 0.0501. The largest absolute Gasteiger partial charge is 0.292 e. The van der Waals surface area contributed by atoms with E-state index in [-0.39, 0.29) is 11.6 Å². The third-order valence-corrected chi connectivity index (χ3v) is 4.10. The van der Waals surface area contributed by atoms with E-state index in [0.29, 0.717) is 10.2 Å². The zero-order valence-electron chi connectivity index (χ0n) is 8.01. The number of rotatable bonds is 2. The molecule has 0 aliphatic heterocycles. The third-order valence-electron chi connectivity index (χ3n) is 2.27. The summed E-state index contributed by atoms with van der Waals surface area (Å²) in [6.07, 6.45) is 0. The van der Waals surface area contributed by atoms with Crippen LogP contribution in [0, 0.1) is 12.7 Å². The average Bonchev–Trinajstić information content (AvgIpc) is 2.55. The molecule has 15 heavy (non-hydrogen) atoms. The van der Waals surface area contributed by atoms with Gasteiger partial charge in [-0.05, 0) is 36.1 Å². The normalized spacial score (nSPS) is 10.9. The number of fused-ring (bicyclic) bond motifs is 1. The monoisotopic (exact) mass is 286 g/mol. The van der Waals surface area contributed by atoms with Crippen LogP contribution in [0.4, 0.5) is 4.39 Å². The van der Waals surface area contributed by atoms with Crippen LogP contribution in [0.1, 0.15) is 15.2 Å². The topological polar surface area (TPSA) is 17.1 Å². The Labute approximate surface area is 99.0 Å². The van der Waals surface area contributed by atoms with Crippen molar-refractivity contribution in [1.29, 1.82) is 0 Å². The predicted molar refractivity (Wildman–Crippen MR) is 64.6 cm³/mol. The minimum Gasteiger partial charge on any atom is -0.292 e. The Morgan fingerprint density at radius 1 is 1.53 bits per heavy atom. The van der Waals surface area contributed by atoms with E-state index in [1.54, 1.807) is 6.07 Å². The number of hydrogen-bond acceptors (Lipinski definition) is 2. The number of aryl methyl sites for hydroxylation is 1. The first-order valence-corrected chi connectivity index (χ1v) is 6.35. The third kappa shape index (κ3) is 1.84. The van der Waals surface area contributed by atoms with Gasteiger partial charge in [-0.2, -0.15) is 0 Å². The van der Waals surface area contributed by atoms with Crippen LogP contribution in [0.2, 0.25) is 0 Å². The maximum absolute atomic E-state index is 13.0. The number of carbonyl (C=O) groups is 1. The first-order chi connectivity index (χ1) is 7.13. The van der Waals surface area contributed by atoms with Gasteiger partial charge in [0.05, 0.1) is 10.2 Å². The predicted octanol–water partition coefficient (Wildman–Crippen LogP) is 3.93. The summed E-state index contributed by atoms with van der Waals surface area (Å²) in [5.74, 6) is -0.213. The molecule has 0 spiro atoms. The molecule has 0 unspecified atom stereocenters. The average molecular weight is 287 g/mol. The van der Waals surface area contributed by atoms with Crippen molar-refractivity contribution in [2.24, 2.45) is 0 Å². The van der Waals surface area contributed by atoms with E-state index in [1.807, 2.05) is 6.92 Å². The first-order valence-electron chi connectivity index (χ1n) is 4.41. The van der Waals surface area contributed by atoms with Crippen molar-refractivity contribution in [3.63, 3.8) is 0 Å². The maximum atomic E-state index is 13.0. The van der Waals surface area contributed by atoms with Crippen LogP contribution in [-0.4, -0.2) is 11.1 Å². The molecule has 0 aliphatic rings. The van der Waals surface area contributed by atoms with Crippen molar-refractivity contribution in [2.45, 2.75) is 6.92 Å². The van der Waals surface area contributed by atoms with Gasteiger partial charge in [-0.25, -0.2) is 4.39 Å². The Hall–Kier alpha value is -0.740. The highest BCUT2D eigenvalue weighted by atomic mass is 79.9. The lowest BCUT2D eigenvalue weighted by molar-refractivity contribution is 0.102. The molecule has 1 aromatic heterocycles. The Morgan fingerprint density at radius 2 is 2.27 bits per heavy atom. The summed E-state index contributed by atoms with van der Waals surface area (Å²) < 4.78 is 14.0. The van der Waals surface area contributed by atoms with Crippen LogP contribution in [0.5, 0.6) is 0 Å². The van der Waals surface area contributed by atoms with E-state index in [9.17, 15) is 9.18 Å². The highest BCUT2D eigenvalue weighted by molar-refractivity contribution is 9.09. The first kappa shape index (κ1) is 10.8. The van der Waals surface area contributed by atoms with Gasteiger partial charge in [0, 0.05) is 4.70 Å². The SMILES string of the molecule is Cc1c(C(=O)CBr)sc2ccc(F)cc12. The van der Waals surface area contributed by atoms with Crippen LogP contribution in [0.3, 0.4) is 0 Å². The molecule has 1 nitrogen and oxygen atoms in total. The van der Waals surface area contributed by atoms with Crippen molar-refractivity contribution < 1.29 is 9.18 Å². The number of benzene rings is 1. The molecule has 2 aromatic rings. The second-order valence-corrected chi connectivity index (χ2v) is 4.87. The number of alkyl halides is 1. The molecule has 0 fully saturated rings. The fourth-order valence-corrected chi connectivity index (χ4v) is 3.11. The van der Waals surface area contributed by atoms with Gasteiger partial charge in [-0.15, -0.1) is 11.3 Å². The molecule has 2 rings (SSSR count). The van der Waals surface area contributed by atoms with E-state index >= 15 is 0 Å². The van der Waals surface area contributed by atoms with E-state index in [1.165, 1.54) is 23.5 Å². The highest BCUT2D eigenvalue weighted by Gasteiger charge is 2.14. The fourth-order valence-electron chi connectivity index (χ4n) is 1.52. The number of carbonyl (C=O) groups excluding carboxylic acids is 1. The quantitative estimate of drug-likeness (QED) is 0.604. The summed E-state index contributed by atoms with van der Waals surface area (Å²) in [4.78, 5) is 12.3. The van der Waals surface area contributed by atoms with E-state index < -0.39 is 0 Å². The lowest BCUT2D eigenvalue weighted by Gasteiger charge is -1.94. The van der Waals surface area contributed by atoms with Crippen molar-refractivity contribution in [3.8, 4) is 0 Å². The molecule has 0 saturated carbocycles. The second-order valence-electron chi connectivity index (χ2n) is 3.25. The summed E-state index contributed by atoms with van der Waals surface area (Å²) in [6, 6.07) is 4.61. The zero-order valence-corrected chi connectivity index (χ0v) is 10.4. The fraction of sp³-hybridized carbons (Fsp3) is 0.182. The zero-order chi connectivity index (χ0) is 11.0.